The Balaban J connectivity index is 1.81. The first-order valence-electron chi connectivity index (χ1n) is 5.86. The Bertz CT molecular complexity index is 624. The van der Waals surface area contributed by atoms with E-state index in [9.17, 15) is 4.79 Å². The average molecular weight is 381 g/mol. The molecule has 2 aromatic heterocycles. The van der Waals surface area contributed by atoms with Gasteiger partial charge in [0.2, 0.25) is 0 Å². The Labute approximate surface area is 134 Å². The molecule has 2 rings (SSSR count). The predicted octanol–water partition coefficient (Wildman–Crippen LogP) is 2.80. The predicted molar refractivity (Wildman–Crippen MR) is 80.2 cm³/mol. The van der Waals surface area contributed by atoms with E-state index in [1.807, 2.05) is 0 Å². The SMILES string of the molecule is Cc1nn(CCCNC(=O)c2[nH]ncc2Br)c(Cl)c1Cl. The van der Waals surface area contributed by atoms with Crippen LogP contribution in [-0.4, -0.2) is 32.4 Å². The summed E-state index contributed by atoms with van der Waals surface area (Å²) in [5.41, 5.74) is 1.10. The van der Waals surface area contributed by atoms with E-state index in [1.165, 1.54) is 6.20 Å². The van der Waals surface area contributed by atoms with E-state index in [1.54, 1.807) is 11.6 Å². The van der Waals surface area contributed by atoms with Crippen molar-refractivity contribution in [1.29, 1.82) is 0 Å². The molecule has 0 aliphatic heterocycles. The van der Waals surface area contributed by atoms with Crippen LogP contribution in [0.2, 0.25) is 10.2 Å². The summed E-state index contributed by atoms with van der Waals surface area (Å²) in [4.78, 5) is 11.8. The molecule has 0 aromatic carbocycles. The normalized spacial score (nSPS) is 10.8. The summed E-state index contributed by atoms with van der Waals surface area (Å²) in [7, 11) is 0. The molecule has 2 aromatic rings. The van der Waals surface area contributed by atoms with Gasteiger partial charge in [-0.3, -0.25) is 14.6 Å². The molecule has 0 unspecified atom stereocenters. The van der Waals surface area contributed by atoms with Gasteiger partial charge in [0.1, 0.15) is 15.9 Å². The third-order valence-corrected chi connectivity index (χ3v) is 4.18. The number of amides is 1. The monoisotopic (exact) mass is 379 g/mol. The number of carbonyl (C=O) groups is 1. The number of aryl methyl sites for hydroxylation is 2. The van der Waals surface area contributed by atoms with Gasteiger partial charge in [-0.1, -0.05) is 23.2 Å². The Morgan fingerprint density at radius 2 is 2.30 bits per heavy atom. The molecular weight excluding hydrogens is 369 g/mol. The lowest BCUT2D eigenvalue weighted by atomic mass is 10.3. The Kier molecular flexibility index (Phi) is 5.06. The van der Waals surface area contributed by atoms with Crippen molar-refractivity contribution in [2.75, 3.05) is 6.54 Å². The van der Waals surface area contributed by atoms with Gasteiger partial charge in [0.15, 0.2) is 0 Å². The van der Waals surface area contributed by atoms with Gasteiger partial charge < -0.3 is 5.32 Å². The molecular formula is C11H12BrCl2N5O. The molecule has 2 N–H and O–H groups in total. The number of H-pyrrole nitrogens is 1. The second-order valence-corrected chi connectivity index (χ2v) is 5.71. The molecule has 0 aliphatic carbocycles. The van der Waals surface area contributed by atoms with E-state index in [-0.39, 0.29) is 5.91 Å². The van der Waals surface area contributed by atoms with Gasteiger partial charge in [-0.15, -0.1) is 0 Å². The molecule has 9 heteroatoms. The first-order valence-corrected chi connectivity index (χ1v) is 7.41. The van der Waals surface area contributed by atoms with Gasteiger partial charge >= 0.3 is 0 Å². The molecule has 20 heavy (non-hydrogen) atoms. The summed E-state index contributed by atoms with van der Waals surface area (Å²) in [5, 5.41) is 14.3. The van der Waals surface area contributed by atoms with E-state index in [0.29, 0.717) is 45.5 Å². The Morgan fingerprint density at radius 3 is 2.85 bits per heavy atom. The molecule has 0 spiro atoms. The maximum Gasteiger partial charge on any atom is 0.270 e. The number of nitrogens with zero attached hydrogens (tertiary/aromatic N) is 3. The topological polar surface area (TPSA) is 75.6 Å². The third-order valence-electron chi connectivity index (χ3n) is 2.65. The van der Waals surface area contributed by atoms with Crippen LogP contribution in [0.25, 0.3) is 0 Å². The van der Waals surface area contributed by atoms with E-state index in [4.69, 9.17) is 23.2 Å². The van der Waals surface area contributed by atoms with Gasteiger partial charge in [-0.25, -0.2) is 0 Å². The molecule has 0 saturated carbocycles. The highest BCUT2D eigenvalue weighted by Gasteiger charge is 2.12. The zero-order chi connectivity index (χ0) is 14.7. The maximum atomic E-state index is 11.8. The molecule has 0 atom stereocenters. The lowest BCUT2D eigenvalue weighted by Crippen LogP contribution is -2.26. The van der Waals surface area contributed by atoms with Crippen LogP contribution >= 0.6 is 39.1 Å². The molecule has 0 fully saturated rings. The van der Waals surface area contributed by atoms with Crippen LogP contribution in [0.1, 0.15) is 22.6 Å². The van der Waals surface area contributed by atoms with E-state index in [0.717, 1.165) is 0 Å². The van der Waals surface area contributed by atoms with Crippen molar-refractivity contribution in [2.24, 2.45) is 0 Å². The lowest BCUT2D eigenvalue weighted by Gasteiger charge is -2.05. The molecule has 6 nitrogen and oxygen atoms in total. The van der Waals surface area contributed by atoms with Crippen LogP contribution in [0.15, 0.2) is 10.7 Å². The van der Waals surface area contributed by atoms with Crippen molar-refractivity contribution in [3.8, 4) is 0 Å². The van der Waals surface area contributed by atoms with Crippen LogP contribution in [0.4, 0.5) is 0 Å². The minimum absolute atomic E-state index is 0.213. The first-order chi connectivity index (χ1) is 9.50. The molecule has 0 bridgehead atoms. The number of carbonyl (C=O) groups excluding carboxylic acids is 1. The van der Waals surface area contributed by atoms with E-state index >= 15 is 0 Å². The fourth-order valence-electron chi connectivity index (χ4n) is 1.63. The number of aromatic nitrogens is 4. The van der Waals surface area contributed by atoms with Gasteiger partial charge in [0, 0.05) is 13.1 Å². The van der Waals surface area contributed by atoms with Crippen molar-refractivity contribution in [2.45, 2.75) is 19.9 Å². The number of halogens is 3. The van der Waals surface area contributed by atoms with Crippen LogP contribution < -0.4 is 5.32 Å². The lowest BCUT2D eigenvalue weighted by molar-refractivity contribution is 0.0947. The minimum Gasteiger partial charge on any atom is -0.351 e. The van der Waals surface area contributed by atoms with Crippen molar-refractivity contribution in [1.82, 2.24) is 25.3 Å². The third kappa shape index (κ3) is 3.34. The maximum absolute atomic E-state index is 11.8. The molecule has 0 saturated heterocycles. The number of nitrogens with one attached hydrogen (secondary N) is 2. The quantitative estimate of drug-likeness (QED) is 0.783. The van der Waals surface area contributed by atoms with E-state index < -0.39 is 0 Å². The summed E-state index contributed by atoms with van der Waals surface area (Å²) in [6.07, 6.45) is 2.22. The zero-order valence-corrected chi connectivity index (χ0v) is 13.7. The second kappa shape index (κ2) is 6.60. The van der Waals surface area contributed by atoms with Crippen molar-refractivity contribution >= 4 is 45.0 Å². The smallest absolute Gasteiger partial charge is 0.270 e. The highest BCUT2D eigenvalue weighted by Crippen LogP contribution is 2.24. The van der Waals surface area contributed by atoms with Gasteiger partial charge in [-0.2, -0.15) is 10.2 Å². The van der Waals surface area contributed by atoms with Gasteiger partial charge in [0.25, 0.3) is 5.91 Å². The Morgan fingerprint density at radius 1 is 1.55 bits per heavy atom. The molecule has 0 aliphatic rings. The first kappa shape index (κ1) is 15.3. The highest BCUT2D eigenvalue weighted by molar-refractivity contribution is 9.10. The number of aromatic amines is 1. The standard InChI is InChI=1S/C11H12BrCl2N5O/c1-6-8(13)10(14)19(18-6)4-2-3-15-11(20)9-7(12)5-16-17-9/h5H,2-4H2,1H3,(H,15,20)(H,16,17). The van der Waals surface area contributed by atoms with Crippen molar-refractivity contribution < 1.29 is 4.79 Å². The second-order valence-electron chi connectivity index (χ2n) is 4.12. The minimum atomic E-state index is -0.213. The van der Waals surface area contributed by atoms with Crippen LogP contribution in [0.5, 0.6) is 0 Å². The van der Waals surface area contributed by atoms with E-state index in [2.05, 4.69) is 36.5 Å². The summed E-state index contributed by atoms with van der Waals surface area (Å²) in [6, 6.07) is 0. The summed E-state index contributed by atoms with van der Waals surface area (Å²) in [5.74, 6) is -0.213. The van der Waals surface area contributed by atoms with Crippen LogP contribution in [0, 0.1) is 6.92 Å². The fraction of sp³-hybridized carbons (Fsp3) is 0.364. The number of rotatable bonds is 5. The molecule has 0 radical (unpaired) electrons. The van der Waals surface area contributed by atoms with Crippen LogP contribution in [-0.2, 0) is 6.54 Å². The number of hydrogen-bond acceptors (Lipinski definition) is 3. The fourth-order valence-corrected chi connectivity index (χ4v) is 2.39. The average Bonchev–Trinajstić information content (AvgIpc) is 2.94. The Hall–Kier alpha value is -1.05. The van der Waals surface area contributed by atoms with Crippen molar-refractivity contribution in [3.05, 3.63) is 32.2 Å². The largest absolute Gasteiger partial charge is 0.351 e. The summed E-state index contributed by atoms with van der Waals surface area (Å²) in [6.45, 7) is 2.87. The van der Waals surface area contributed by atoms with Crippen LogP contribution in [0.3, 0.4) is 0 Å². The number of hydrogen-bond donors (Lipinski definition) is 2. The summed E-state index contributed by atoms with van der Waals surface area (Å²) < 4.78 is 2.25. The molecule has 1 amide bonds. The molecule has 2 heterocycles. The highest BCUT2D eigenvalue weighted by atomic mass is 79.9. The molecule has 108 valence electrons. The van der Waals surface area contributed by atoms with Gasteiger partial charge in [-0.05, 0) is 29.3 Å². The van der Waals surface area contributed by atoms with Crippen molar-refractivity contribution in [3.63, 3.8) is 0 Å². The summed E-state index contributed by atoms with van der Waals surface area (Å²) >= 11 is 15.2. The zero-order valence-electron chi connectivity index (χ0n) is 10.6. The van der Waals surface area contributed by atoms with Gasteiger partial charge in [0.05, 0.1) is 16.4 Å².